The second kappa shape index (κ2) is 8.78. The molecule has 168 valence electrons. The molecular formula is C18H15F3N6O3S2. The first-order chi connectivity index (χ1) is 15.2. The van der Waals surface area contributed by atoms with E-state index in [1.807, 2.05) is 0 Å². The summed E-state index contributed by atoms with van der Waals surface area (Å²) < 4.78 is 42.0. The van der Waals surface area contributed by atoms with Crippen molar-refractivity contribution in [1.29, 1.82) is 0 Å². The van der Waals surface area contributed by atoms with Gasteiger partial charge in [-0.05, 0) is 59.5 Å². The van der Waals surface area contributed by atoms with E-state index in [0.29, 0.717) is 16.3 Å². The van der Waals surface area contributed by atoms with Gasteiger partial charge in [-0.3, -0.25) is 9.59 Å². The van der Waals surface area contributed by atoms with E-state index < -0.39 is 12.3 Å². The zero-order valence-corrected chi connectivity index (χ0v) is 17.8. The summed E-state index contributed by atoms with van der Waals surface area (Å²) in [6, 6.07) is 4.97. The van der Waals surface area contributed by atoms with Gasteiger partial charge in [-0.1, -0.05) is 11.8 Å². The van der Waals surface area contributed by atoms with Gasteiger partial charge in [0.15, 0.2) is 0 Å². The Morgan fingerprint density at radius 3 is 2.69 bits per heavy atom. The molecule has 3 N–H and O–H groups in total. The number of amides is 2. The van der Waals surface area contributed by atoms with Crippen LogP contribution in [-0.4, -0.2) is 44.1 Å². The van der Waals surface area contributed by atoms with Crippen molar-refractivity contribution in [3.05, 3.63) is 40.3 Å². The topological polar surface area (TPSA) is 125 Å². The third-order valence-corrected chi connectivity index (χ3v) is 6.64. The summed E-state index contributed by atoms with van der Waals surface area (Å²) in [6.07, 6.45) is -2.22. The van der Waals surface area contributed by atoms with E-state index in [9.17, 15) is 22.8 Å². The molecule has 9 nitrogen and oxygen atoms in total. The molecule has 0 saturated carbocycles. The lowest BCUT2D eigenvalue weighted by Gasteiger charge is -2.09. The third-order valence-electron chi connectivity index (χ3n) is 4.51. The molecule has 1 aliphatic rings. The molecule has 2 amide bonds. The van der Waals surface area contributed by atoms with Gasteiger partial charge in [0.2, 0.25) is 11.1 Å². The summed E-state index contributed by atoms with van der Waals surface area (Å²) in [5, 5.41) is 14.6. The van der Waals surface area contributed by atoms with Crippen LogP contribution in [0, 0.1) is 0 Å². The monoisotopic (exact) mass is 484 g/mol. The van der Waals surface area contributed by atoms with Crippen LogP contribution in [0.4, 0.5) is 18.2 Å². The van der Waals surface area contributed by atoms with Crippen LogP contribution in [0.3, 0.4) is 0 Å². The third kappa shape index (κ3) is 4.85. The van der Waals surface area contributed by atoms with Crippen molar-refractivity contribution >= 4 is 39.9 Å². The second-order valence-corrected chi connectivity index (χ2v) is 8.73. The van der Waals surface area contributed by atoms with Gasteiger partial charge < -0.3 is 15.8 Å². The fraction of sp³-hybridized carbons (Fsp3) is 0.278. The first-order valence-electron chi connectivity index (χ1n) is 9.23. The van der Waals surface area contributed by atoms with Gasteiger partial charge in [0.05, 0.1) is 17.0 Å². The van der Waals surface area contributed by atoms with Crippen molar-refractivity contribution in [1.82, 2.24) is 20.2 Å². The number of thiophene rings is 1. The average Bonchev–Trinajstić information content (AvgIpc) is 3.41. The highest BCUT2D eigenvalue weighted by Gasteiger charge is 2.31. The van der Waals surface area contributed by atoms with Crippen LogP contribution in [0.25, 0.3) is 5.69 Å². The maximum atomic E-state index is 12.5. The largest absolute Gasteiger partial charge is 0.573 e. The van der Waals surface area contributed by atoms with Gasteiger partial charge in [-0.15, -0.1) is 29.6 Å². The van der Waals surface area contributed by atoms with Crippen LogP contribution >= 0.6 is 23.1 Å². The quantitative estimate of drug-likeness (QED) is 0.494. The number of halogens is 3. The molecule has 32 heavy (non-hydrogen) atoms. The summed E-state index contributed by atoms with van der Waals surface area (Å²) in [6.45, 7) is 0. The molecule has 0 spiro atoms. The number of rotatable bonds is 7. The highest BCUT2D eigenvalue weighted by atomic mass is 32.2. The molecule has 0 unspecified atom stereocenters. The standard InChI is InChI=1S/C18H15F3N6O3S2/c19-18(20,21)30-10-6-4-9(5-7-10)27-17(24-25-26-27)31-8-13(28)23-16-14(15(22)29)11-2-1-3-12(11)32-16/h4-7H,1-3,8H2,(H2,22,29)(H,23,28). The number of nitrogens with two attached hydrogens (primary N) is 1. The number of tetrazole rings is 1. The number of fused-ring (bicyclic) bond motifs is 1. The number of nitrogens with one attached hydrogen (secondary N) is 1. The van der Waals surface area contributed by atoms with E-state index >= 15 is 0 Å². The normalized spacial score (nSPS) is 13.1. The molecule has 0 bridgehead atoms. The van der Waals surface area contributed by atoms with Crippen LogP contribution in [0.2, 0.25) is 0 Å². The van der Waals surface area contributed by atoms with Gasteiger partial charge in [-0.25, -0.2) is 0 Å². The first-order valence-corrected chi connectivity index (χ1v) is 11.0. The van der Waals surface area contributed by atoms with E-state index in [1.165, 1.54) is 28.2 Å². The number of anilines is 1. The smallest absolute Gasteiger partial charge is 0.406 e. The number of nitrogens with zero attached hydrogens (tertiary/aromatic N) is 4. The van der Waals surface area contributed by atoms with Crippen molar-refractivity contribution in [3.8, 4) is 11.4 Å². The van der Waals surface area contributed by atoms with Crippen LogP contribution < -0.4 is 15.8 Å². The van der Waals surface area contributed by atoms with Crippen molar-refractivity contribution < 1.29 is 27.5 Å². The minimum Gasteiger partial charge on any atom is -0.406 e. The maximum absolute atomic E-state index is 12.5. The number of carbonyl (C=O) groups excluding carboxylic acids is 2. The maximum Gasteiger partial charge on any atom is 0.573 e. The predicted octanol–water partition coefficient (Wildman–Crippen LogP) is 2.94. The number of aryl methyl sites for hydroxylation is 1. The number of hydrogen-bond donors (Lipinski definition) is 2. The summed E-state index contributed by atoms with van der Waals surface area (Å²) in [4.78, 5) is 25.4. The molecule has 0 aliphatic heterocycles. The van der Waals surface area contributed by atoms with Gasteiger partial charge in [-0.2, -0.15) is 4.68 Å². The zero-order valence-electron chi connectivity index (χ0n) is 16.2. The number of aromatic nitrogens is 4. The molecule has 3 aromatic rings. The SMILES string of the molecule is NC(=O)c1c(NC(=O)CSc2nnnn2-c2ccc(OC(F)(F)F)cc2)sc2c1CCC2. The molecule has 4 rings (SSSR count). The minimum atomic E-state index is -4.79. The molecular weight excluding hydrogens is 469 g/mol. The summed E-state index contributed by atoms with van der Waals surface area (Å²) >= 11 is 2.38. The van der Waals surface area contributed by atoms with Crippen molar-refractivity contribution in [2.45, 2.75) is 30.8 Å². The zero-order chi connectivity index (χ0) is 22.9. The van der Waals surface area contributed by atoms with Gasteiger partial charge >= 0.3 is 6.36 Å². The molecule has 0 saturated heterocycles. The van der Waals surface area contributed by atoms with E-state index in [4.69, 9.17) is 5.73 Å². The molecule has 2 aromatic heterocycles. The number of benzene rings is 1. The summed E-state index contributed by atoms with van der Waals surface area (Å²) in [5.74, 6) is -1.39. The fourth-order valence-electron chi connectivity index (χ4n) is 3.27. The Bertz CT molecular complexity index is 1160. The Morgan fingerprint density at radius 2 is 2.00 bits per heavy atom. The highest BCUT2D eigenvalue weighted by molar-refractivity contribution is 7.99. The predicted molar refractivity (Wildman–Crippen MR) is 110 cm³/mol. The van der Waals surface area contributed by atoms with E-state index in [0.717, 1.165) is 53.6 Å². The summed E-state index contributed by atoms with van der Waals surface area (Å²) in [5.41, 5.74) is 7.16. The molecule has 1 aliphatic carbocycles. The lowest BCUT2D eigenvalue weighted by atomic mass is 10.1. The van der Waals surface area contributed by atoms with E-state index in [-0.39, 0.29) is 22.6 Å². The number of carbonyl (C=O) groups is 2. The van der Waals surface area contributed by atoms with Crippen molar-refractivity contribution in [2.75, 3.05) is 11.1 Å². The van der Waals surface area contributed by atoms with Crippen molar-refractivity contribution in [2.24, 2.45) is 5.73 Å². The molecule has 14 heteroatoms. The van der Waals surface area contributed by atoms with E-state index in [2.05, 4.69) is 25.6 Å². The number of ether oxygens (including phenoxy) is 1. The van der Waals surface area contributed by atoms with E-state index in [1.54, 1.807) is 0 Å². The second-order valence-electron chi connectivity index (χ2n) is 6.68. The lowest BCUT2D eigenvalue weighted by molar-refractivity contribution is -0.274. The molecule has 0 atom stereocenters. The molecule has 2 heterocycles. The average molecular weight is 484 g/mol. The fourth-order valence-corrected chi connectivity index (χ4v) is 5.27. The molecule has 0 fully saturated rings. The van der Waals surface area contributed by atoms with Crippen molar-refractivity contribution in [3.63, 3.8) is 0 Å². The van der Waals surface area contributed by atoms with Gasteiger partial charge in [0.1, 0.15) is 10.8 Å². The Morgan fingerprint density at radius 1 is 1.25 bits per heavy atom. The Kier molecular flexibility index (Phi) is 6.06. The Balaban J connectivity index is 1.41. The van der Waals surface area contributed by atoms with Crippen LogP contribution in [-0.2, 0) is 17.6 Å². The first kappa shape index (κ1) is 22.1. The molecule has 1 aromatic carbocycles. The number of alkyl halides is 3. The van der Waals surface area contributed by atoms with Gasteiger partial charge in [0.25, 0.3) is 5.91 Å². The van der Waals surface area contributed by atoms with Gasteiger partial charge in [0, 0.05) is 4.88 Å². The number of thioether (sulfide) groups is 1. The lowest BCUT2D eigenvalue weighted by Crippen LogP contribution is -2.19. The van der Waals surface area contributed by atoms with Crippen LogP contribution in [0.15, 0.2) is 29.4 Å². The minimum absolute atomic E-state index is 0.0591. The Hall–Kier alpha value is -3.13. The van der Waals surface area contributed by atoms with Crippen LogP contribution in [0.1, 0.15) is 27.2 Å². The number of hydrogen-bond acceptors (Lipinski definition) is 8. The molecule has 0 radical (unpaired) electrons. The summed E-state index contributed by atoms with van der Waals surface area (Å²) in [7, 11) is 0. The number of primary amides is 1. The van der Waals surface area contributed by atoms with Crippen LogP contribution in [0.5, 0.6) is 5.75 Å². The highest BCUT2D eigenvalue weighted by Crippen LogP contribution is 2.39. The Labute approximate surface area is 187 Å².